The Hall–Kier alpha value is -1.31. The number of carbonyl (C=O) groups is 1. The molecule has 0 aliphatic rings. The topological polar surface area (TPSA) is 77.2 Å². The lowest BCUT2D eigenvalue weighted by Crippen LogP contribution is -2.36. The molecule has 0 fully saturated rings. The third kappa shape index (κ3) is 4.33. The fourth-order valence-electron chi connectivity index (χ4n) is 1.79. The molecule has 5 nitrogen and oxygen atoms in total. The van der Waals surface area contributed by atoms with E-state index in [1.807, 2.05) is 31.4 Å². The molecule has 1 heterocycles. The average Bonchev–Trinajstić information content (AvgIpc) is 2.86. The first-order valence-corrected chi connectivity index (χ1v) is 8.94. The Kier molecular flexibility index (Phi) is 5.84. The van der Waals surface area contributed by atoms with Gasteiger partial charge < -0.3 is 15.8 Å². The summed E-state index contributed by atoms with van der Waals surface area (Å²) < 4.78 is 6.44. The lowest BCUT2D eigenvalue weighted by atomic mass is 10.2. The van der Waals surface area contributed by atoms with E-state index in [-0.39, 0.29) is 5.91 Å². The Morgan fingerprint density at radius 1 is 1.57 bits per heavy atom. The fraction of sp³-hybridized carbons (Fsp3) is 0.429. The quantitative estimate of drug-likeness (QED) is 0.818. The number of hydrogen-bond donors (Lipinski definition) is 2. The highest BCUT2D eigenvalue weighted by atomic mass is 32.2. The van der Waals surface area contributed by atoms with Gasteiger partial charge in [0.1, 0.15) is 5.75 Å². The molecule has 1 atom stereocenters. The highest BCUT2D eigenvalue weighted by Crippen LogP contribution is 2.29. The zero-order chi connectivity index (χ0) is 15.2. The number of nitrogens with one attached hydrogen (secondary N) is 1. The number of aromatic nitrogens is 1. The smallest absolute Gasteiger partial charge is 0.243 e. The molecule has 7 heteroatoms. The lowest BCUT2D eigenvalue weighted by Gasteiger charge is -2.09. The summed E-state index contributed by atoms with van der Waals surface area (Å²) in [6.45, 7) is 2.57. The molecule has 1 aromatic carbocycles. The molecule has 2 aromatic rings. The standard InChI is InChI=1S/C14H19N3O2S2/c1-3-19-9-4-5-11-12(8-9)21-14(16-11)17-13(18)10(15)6-7-20-2/h4-5,8,10H,3,6-7,15H2,1-2H3,(H,16,17,18)/t10-/m1/s1. The van der Waals surface area contributed by atoms with Crippen molar-refractivity contribution in [2.45, 2.75) is 19.4 Å². The summed E-state index contributed by atoms with van der Waals surface area (Å²) >= 11 is 3.10. The number of nitrogens with two attached hydrogens (primary N) is 1. The fourth-order valence-corrected chi connectivity index (χ4v) is 3.18. The Labute approximate surface area is 132 Å². The molecule has 2 rings (SSSR count). The number of ether oxygens (including phenoxy) is 1. The maximum atomic E-state index is 12.0. The molecule has 3 N–H and O–H groups in total. The van der Waals surface area contributed by atoms with Crippen LogP contribution in [0.25, 0.3) is 10.2 Å². The highest BCUT2D eigenvalue weighted by Gasteiger charge is 2.15. The van der Waals surface area contributed by atoms with Gasteiger partial charge >= 0.3 is 0 Å². The van der Waals surface area contributed by atoms with Crippen molar-refractivity contribution in [3.63, 3.8) is 0 Å². The number of amides is 1. The van der Waals surface area contributed by atoms with E-state index < -0.39 is 6.04 Å². The average molecular weight is 325 g/mol. The van der Waals surface area contributed by atoms with Crippen LogP contribution in [0.1, 0.15) is 13.3 Å². The third-order valence-corrected chi connectivity index (χ3v) is 4.45. The van der Waals surface area contributed by atoms with Crippen molar-refractivity contribution in [2.24, 2.45) is 5.73 Å². The highest BCUT2D eigenvalue weighted by molar-refractivity contribution is 7.98. The van der Waals surface area contributed by atoms with E-state index in [1.165, 1.54) is 11.3 Å². The van der Waals surface area contributed by atoms with E-state index in [9.17, 15) is 4.79 Å². The summed E-state index contributed by atoms with van der Waals surface area (Å²) in [5, 5.41) is 3.36. The number of rotatable bonds is 7. The summed E-state index contributed by atoms with van der Waals surface area (Å²) in [6.07, 6.45) is 2.65. The van der Waals surface area contributed by atoms with Crippen LogP contribution in [-0.4, -0.2) is 35.5 Å². The lowest BCUT2D eigenvalue weighted by molar-refractivity contribution is -0.117. The van der Waals surface area contributed by atoms with Crippen LogP contribution in [0, 0.1) is 0 Å². The largest absolute Gasteiger partial charge is 0.494 e. The molecular formula is C14H19N3O2S2. The van der Waals surface area contributed by atoms with Crippen molar-refractivity contribution in [3.8, 4) is 5.75 Å². The minimum absolute atomic E-state index is 0.187. The second kappa shape index (κ2) is 7.63. The van der Waals surface area contributed by atoms with Crippen molar-refractivity contribution in [2.75, 3.05) is 23.9 Å². The third-order valence-electron chi connectivity index (χ3n) is 2.87. The second-order valence-corrected chi connectivity index (χ2v) is 6.48. The number of fused-ring (bicyclic) bond motifs is 1. The number of carbonyl (C=O) groups excluding carboxylic acids is 1. The Morgan fingerprint density at radius 3 is 3.10 bits per heavy atom. The number of hydrogen-bond acceptors (Lipinski definition) is 6. The molecular weight excluding hydrogens is 306 g/mol. The predicted octanol–water partition coefficient (Wildman–Crippen LogP) is 2.71. The SMILES string of the molecule is CCOc1ccc2nc(NC(=O)[C@H](N)CCSC)sc2c1. The van der Waals surface area contributed by atoms with Crippen LogP contribution in [0.2, 0.25) is 0 Å². The molecule has 21 heavy (non-hydrogen) atoms. The summed E-state index contributed by atoms with van der Waals surface area (Å²) in [5.41, 5.74) is 6.68. The van der Waals surface area contributed by atoms with Crippen LogP contribution in [0.4, 0.5) is 5.13 Å². The van der Waals surface area contributed by atoms with Crippen LogP contribution in [0.3, 0.4) is 0 Å². The summed E-state index contributed by atoms with van der Waals surface area (Å²) in [5.74, 6) is 1.49. The molecule has 1 amide bonds. The van der Waals surface area contributed by atoms with Gasteiger partial charge in [-0.25, -0.2) is 4.98 Å². The van der Waals surface area contributed by atoms with E-state index in [0.29, 0.717) is 18.2 Å². The van der Waals surface area contributed by atoms with E-state index in [1.54, 1.807) is 11.8 Å². The minimum atomic E-state index is -0.497. The first-order chi connectivity index (χ1) is 10.1. The van der Waals surface area contributed by atoms with Gasteiger partial charge in [-0.1, -0.05) is 11.3 Å². The van der Waals surface area contributed by atoms with Crippen molar-refractivity contribution in [3.05, 3.63) is 18.2 Å². The maximum Gasteiger partial charge on any atom is 0.243 e. The van der Waals surface area contributed by atoms with Gasteiger partial charge in [-0.05, 0) is 43.6 Å². The molecule has 0 radical (unpaired) electrons. The monoisotopic (exact) mass is 325 g/mol. The van der Waals surface area contributed by atoms with Gasteiger partial charge in [-0.3, -0.25) is 4.79 Å². The van der Waals surface area contributed by atoms with Gasteiger partial charge in [-0.15, -0.1) is 0 Å². The number of nitrogens with zero attached hydrogens (tertiary/aromatic N) is 1. The minimum Gasteiger partial charge on any atom is -0.494 e. The van der Waals surface area contributed by atoms with Crippen molar-refractivity contribution in [1.29, 1.82) is 0 Å². The van der Waals surface area contributed by atoms with Gasteiger partial charge in [0.2, 0.25) is 5.91 Å². The van der Waals surface area contributed by atoms with Crippen LogP contribution >= 0.6 is 23.1 Å². The normalized spacial score (nSPS) is 12.3. The van der Waals surface area contributed by atoms with Crippen molar-refractivity contribution >= 4 is 44.4 Å². The number of thioether (sulfide) groups is 1. The Balaban J connectivity index is 2.06. The van der Waals surface area contributed by atoms with E-state index in [0.717, 1.165) is 21.7 Å². The summed E-state index contributed by atoms with van der Waals surface area (Å²) in [7, 11) is 0. The second-order valence-electron chi connectivity index (χ2n) is 4.46. The molecule has 0 spiro atoms. The van der Waals surface area contributed by atoms with Crippen LogP contribution in [0.15, 0.2) is 18.2 Å². The molecule has 0 aliphatic heterocycles. The van der Waals surface area contributed by atoms with Gasteiger partial charge in [0.15, 0.2) is 5.13 Å². The molecule has 1 aromatic heterocycles. The first-order valence-electron chi connectivity index (χ1n) is 6.72. The van der Waals surface area contributed by atoms with Crippen molar-refractivity contribution < 1.29 is 9.53 Å². The van der Waals surface area contributed by atoms with Gasteiger partial charge in [0.25, 0.3) is 0 Å². The van der Waals surface area contributed by atoms with Gasteiger partial charge in [0.05, 0.1) is 22.9 Å². The summed E-state index contributed by atoms with van der Waals surface area (Å²) in [4.78, 5) is 16.3. The molecule has 0 saturated carbocycles. The van der Waals surface area contributed by atoms with Crippen LogP contribution in [0.5, 0.6) is 5.75 Å². The van der Waals surface area contributed by atoms with Gasteiger partial charge in [-0.2, -0.15) is 11.8 Å². The van der Waals surface area contributed by atoms with Gasteiger partial charge in [0, 0.05) is 0 Å². The molecule has 0 bridgehead atoms. The number of anilines is 1. The zero-order valence-electron chi connectivity index (χ0n) is 12.1. The zero-order valence-corrected chi connectivity index (χ0v) is 13.7. The Morgan fingerprint density at radius 2 is 2.38 bits per heavy atom. The Bertz CT molecular complexity index is 615. The molecule has 0 saturated heterocycles. The number of benzene rings is 1. The van der Waals surface area contributed by atoms with Crippen LogP contribution < -0.4 is 15.8 Å². The van der Waals surface area contributed by atoms with E-state index in [2.05, 4.69) is 10.3 Å². The van der Waals surface area contributed by atoms with Crippen molar-refractivity contribution in [1.82, 2.24) is 4.98 Å². The molecule has 0 unspecified atom stereocenters. The molecule has 114 valence electrons. The maximum absolute atomic E-state index is 12.0. The van der Waals surface area contributed by atoms with E-state index in [4.69, 9.17) is 10.5 Å². The van der Waals surface area contributed by atoms with Crippen LogP contribution in [-0.2, 0) is 4.79 Å². The number of thiazole rings is 1. The summed E-state index contributed by atoms with van der Waals surface area (Å²) in [6, 6.07) is 5.20. The predicted molar refractivity (Wildman–Crippen MR) is 90.4 cm³/mol. The van der Waals surface area contributed by atoms with E-state index >= 15 is 0 Å². The molecule has 0 aliphatic carbocycles. The first kappa shape index (κ1) is 16.1.